The summed E-state index contributed by atoms with van der Waals surface area (Å²) in [5.74, 6) is 0.934. The molecule has 2 rings (SSSR count). The summed E-state index contributed by atoms with van der Waals surface area (Å²) >= 11 is 1.27. The zero-order valence-corrected chi connectivity index (χ0v) is 12.4. The van der Waals surface area contributed by atoms with Gasteiger partial charge in [-0.3, -0.25) is 9.36 Å². The van der Waals surface area contributed by atoms with Gasteiger partial charge in [0, 0.05) is 26.8 Å². The zero-order chi connectivity index (χ0) is 14.4. The molecule has 112 valence electrons. The van der Waals surface area contributed by atoms with Crippen LogP contribution in [-0.2, 0) is 16.1 Å². The van der Waals surface area contributed by atoms with Gasteiger partial charge >= 0.3 is 5.69 Å². The first-order chi connectivity index (χ1) is 9.70. The predicted octanol–water partition coefficient (Wildman–Crippen LogP) is 0.226. The summed E-state index contributed by atoms with van der Waals surface area (Å²) in [4.78, 5) is 23.2. The Hall–Kier alpha value is -1.28. The molecule has 0 unspecified atom stereocenters. The predicted molar refractivity (Wildman–Crippen MR) is 75.8 cm³/mol. The van der Waals surface area contributed by atoms with E-state index in [9.17, 15) is 9.59 Å². The number of hydrogen-bond donors (Lipinski definition) is 2. The van der Waals surface area contributed by atoms with E-state index in [0.717, 1.165) is 13.0 Å². The van der Waals surface area contributed by atoms with E-state index in [2.05, 4.69) is 15.5 Å². The number of nitrogens with zero attached hydrogens (tertiary/aromatic N) is 2. The summed E-state index contributed by atoms with van der Waals surface area (Å²) in [5, 5.41) is 9.79. The first kappa shape index (κ1) is 15.1. The molecular weight excluding hydrogens is 280 g/mol. The monoisotopic (exact) mass is 300 g/mol. The van der Waals surface area contributed by atoms with Crippen molar-refractivity contribution >= 4 is 17.7 Å². The second-order valence-electron chi connectivity index (χ2n) is 4.85. The van der Waals surface area contributed by atoms with Gasteiger partial charge in [0.2, 0.25) is 5.91 Å². The molecular formula is C12H20N4O3S. The molecule has 1 aliphatic carbocycles. The van der Waals surface area contributed by atoms with Crippen LogP contribution in [0.3, 0.4) is 0 Å². The second kappa shape index (κ2) is 7.49. The first-order valence-corrected chi connectivity index (χ1v) is 7.73. The molecule has 20 heavy (non-hydrogen) atoms. The van der Waals surface area contributed by atoms with E-state index in [1.807, 2.05) is 0 Å². The third-order valence-electron chi connectivity index (χ3n) is 3.07. The van der Waals surface area contributed by atoms with E-state index < -0.39 is 0 Å². The molecule has 1 heterocycles. The summed E-state index contributed by atoms with van der Waals surface area (Å²) < 4.78 is 6.50. The Kier molecular flexibility index (Phi) is 5.66. The molecule has 0 radical (unpaired) electrons. The van der Waals surface area contributed by atoms with Crippen LogP contribution in [0.5, 0.6) is 0 Å². The molecule has 2 N–H and O–H groups in total. The molecule has 1 aromatic heterocycles. The van der Waals surface area contributed by atoms with Crippen molar-refractivity contribution in [1.82, 2.24) is 20.1 Å². The van der Waals surface area contributed by atoms with Crippen LogP contribution in [0.1, 0.15) is 19.3 Å². The highest BCUT2D eigenvalue weighted by atomic mass is 32.2. The van der Waals surface area contributed by atoms with Crippen LogP contribution in [-0.4, -0.2) is 46.7 Å². The summed E-state index contributed by atoms with van der Waals surface area (Å²) in [6, 6.07) is 0. The number of ether oxygens (including phenoxy) is 1. The number of methoxy groups -OCH3 is 1. The topological polar surface area (TPSA) is 89.0 Å². The minimum atomic E-state index is -0.248. The summed E-state index contributed by atoms with van der Waals surface area (Å²) in [7, 11) is 1.62. The first-order valence-electron chi connectivity index (χ1n) is 6.74. The van der Waals surface area contributed by atoms with E-state index in [-0.39, 0.29) is 17.3 Å². The van der Waals surface area contributed by atoms with Gasteiger partial charge in [-0.25, -0.2) is 9.89 Å². The minimum Gasteiger partial charge on any atom is -0.385 e. The summed E-state index contributed by atoms with van der Waals surface area (Å²) in [6.45, 7) is 1.89. The van der Waals surface area contributed by atoms with E-state index in [0.29, 0.717) is 24.2 Å². The van der Waals surface area contributed by atoms with Crippen molar-refractivity contribution in [3.63, 3.8) is 0 Å². The van der Waals surface area contributed by atoms with Crippen molar-refractivity contribution in [1.29, 1.82) is 0 Å². The number of amides is 1. The fourth-order valence-electron chi connectivity index (χ4n) is 1.74. The third kappa shape index (κ3) is 4.68. The fourth-order valence-corrected chi connectivity index (χ4v) is 2.54. The van der Waals surface area contributed by atoms with Gasteiger partial charge in [0.1, 0.15) is 0 Å². The molecule has 8 heteroatoms. The van der Waals surface area contributed by atoms with Crippen LogP contribution >= 0.6 is 11.8 Å². The molecule has 1 aliphatic rings. The van der Waals surface area contributed by atoms with Crippen LogP contribution in [0.2, 0.25) is 0 Å². The number of carbonyl (C=O) groups is 1. The normalized spacial score (nSPS) is 14.4. The molecule has 0 bridgehead atoms. The van der Waals surface area contributed by atoms with Crippen molar-refractivity contribution in [2.75, 3.05) is 26.0 Å². The molecule has 1 amide bonds. The molecule has 0 spiro atoms. The van der Waals surface area contributed by atoms with Crippen molar-refractivity contribution in [3.8, 4) is 0 Å². The SMILES string of the molecule is COCCCn1c(SCC(=O)NCC2CC2)n[nH]c1=O. The molecule has 1 saturated carbocycles. The van der Waals surface area contributed by atoms with Gasteiger partial charge in [0.25, 0.3) is 0 Å². The molecule has 0 aliphatic heterocycles. The van der Waals surface area contributed by atoms with E-state index in [4.69, 9.17) is 4.74 Å². The van der Waals surface area contributed by atoms with Gasteiger partial charge in [-0.05, 0) is 25.2 Å². The molecule has 7 nitrogen and oxygen atoms in total. The minimum absolute atomic E-state index is 0.0132. The Morgan fingerprint density at radius 1 is 1.60 bits per heavy atom. The van der Waals surface area contributed by atoms with Crippen molar-refractivity contribution in [2.45, 2.75) is 31.0 Å². The van der Waals surface area contributed by atoms with Gasteiger partial charge < -0.3 is 10.1 Å². The second-order valence-corrected chi connectivity index (χ2v) is 5.79. The average molecular weight is 300 g/mol. The van der Waals surface area contributed by atoms with E-state index in [1.165, 1.54) is 29.2 Å². The summed E-state index contributed by atoms with van der Waals surface area (Å²) in [5.41, 5.74) is -0.248. The Morgan fingerprint density at radius 2 is 2.40 bits per heavy atom. The fraction of sp³-hybridized carbons (Fsp3) is 0.750. The Balaban J connectivity index is 1.78. The smallest absolute Gasteiger partial charge is 0.343 e. The zero-order valence-electron chi connectivity index (χ0n) is 11.6. The van der Waals surface area contributed by atoms with Crippen molar-refractivity contribution in [3.05, 3.63) is 10.5 Å². The lowest BCUT2D eigenvalue weighted by atomic mass is 10.4. The quantitative estimate of drug-likeness (QED) is 0.503. The van der Waals surface area contributed by atoms with Gasteiger partial charge in [-0.2, -0.15) is 0 Å². The molecule has 0 aromatic carbocycles. The number of aromatic nitrogens is 3. The van der Waals surface area contributed by atoms with Crippen LogP contribution in [0.15, 0.2) is 9.95 Å². The highest BCUT2D eigenvalue weighted by Gasteiger charge is 2.21. The van der Waals surface area contributed by atoms with E-state index >= 15 is 0 Å². The number of nitrogens with one attached hydrogen (secondary N) is 2. The molecule has 0 atom stereocenters. The summed E-state index contributed by atoms with van der Waals surface area (Å²) in [6.07, 6.45) is 3.16. The Bertz CT molecular complexity index is 495. The molecule has 1 aromatic rings. The molecule has 0 saturated heterocycles. The third-order valence-corrected chi connectivity index (χ3v) is 4.05. The number of thioether (sulfide) groups is 1. The number of H-pyrrole nitrogens is 1. The van der Waals surface area contributed by atoms with E-state index in [1.54, 1.807) is 7.11 Å². The van der Waals surface area contributed by atoms with Gasteiger partial charge in [0.15, 0.2) is 5.16 Å². The van der Waals surface area contributed by atoms with Gasteiger partial charge in [-0.1, -0.05) is 11.8 Å². The lowest BCUT2D eigenvalue weighted by Crippen LogP contribution is -2.27. The highest BCUT2D eigenvalue weighted by molar-refractivity contribution is 7.99. The van der Waals surface area contributed by atoms with Gasteiger partial charge in [-0.15, -0.1) is 5.10 Å². The Labute approximate surface area is 121 Å². The maximum absolute atomic E-state index is 11.6. The van der Waals surface area contributed by atoms with Crippen LogP contribution < -0.4 is 11.0 Å². The number of hydrogen-bond acceptors (Lipinski definition) is 5. The van der Waals surface area contributed by atoms with Crippen molar-refractivity contribution < 1.29 is 9.53 Å². The average Bonchev–Trinajstić information content (AvgIpc) is 3.20. The Morgan fingerprint density at radius 3 is 3.10 bits per heavy atom. The standard InChI is InChI=1S/C12H20N4O3S/c1-19-6-2-5-16-11(18)14-15-12(16)20-8-10(17)13-7-9-3-4-9/h9H,2-8H2,1H3,(H,13,17)(H,14,18). The largest absolute Gasteiger partial charge is 0.385 e. The lowest BCUT2D eigenvalue weighted by Gasteiger charge is -2.05. The molecule has 1 fully saturated rings. The van der Waals surface area contributed by atoms with Crippen molar-refractivity contribution in [2.24, 2.45) is 5.92 Å². The maximum atomic E-state index is 11.6. The maximum Gasteiger partial charge on any atom is 0.343 e. The van der Waals surface area contributed by atoms with Crippen LogP contribution in [0, 0.1) is 5.92 Å². The highest BCUT2D eigenvalue weighted by Crippen LogP contribution is 2.27. The van der Waals surface area contributed by atoms with Crippen LogP contribution in [0.4, 0.5) is 0 Å². The number of aromatic amines is 1. The van der Waals surface area contributed by atoms with Gasteiger partial charge in [0.05, 0.1) is 5.75 Å². The number of rotatable bonds is 9. The number of carbonyl (C=O) groups excluding carboxylic acids is 1. The van der Waals surface area contributed by atoms with Crippen LogP contribution in [0.25, 0.3) is 0 Å². The lowest BCUT2D eigenvalue weighted by molar-refractivity contribution is -0.118.